The molecule has 0 saturated heterocycles. The molecule has 2 atom stereocenters. The first-order chi connectivity index (χ1) is 13.9. The van der Waals surface area contributed by atoms with Gasteiger partial charge in [0.1, 0.15) is 17.3 Å². The van der Waals surface area contributed by atoms with Gasteiger partial charge in [-0.15, -0.1) is 0 Å². The number of hydrogen-bond acceptors (Lipinski definition) is 3. The van der Waals surface area contributed by atoms with Crippen LogP contribution in [0.1, 0.15) is 36.9 Å². The van der Waals surface area contributed by atoms with Crippen molar-refractivity contribution in [3.8, 4) is 11.8 Å². The number of halogens is 2. The smallest absolute Gasteiger partial charge is 0.387 e. The number of carbonyl (C=O) groups excluding carboxylic acids is 1. The van der Waals surface area contributed by atoms with Gasteiger partial charge in [0.05, 0.1) is 6.07 Å². The van der Waals surface area contributed by atoms with Crippen molar-refractivity contribution in [3.05, 3.63) is 65.7 Å². The lowest BCUT2D eigenvalue weighted by Crippen LogP contribution is -2.88. The normalized spacial score (nSPS) is 16.5. The van der Waals surface area contributed by atoms with Gasteiger partial charge in [0.2, 0.25) is 0 Å². The summed E-state index contributed by atoms with van der Waals surface area (Å²) >= 11 is 0. The maximum absolute atomic E-state index is 12.5. The van der Waals surface area contributed by atoms with Crippen LogP contribution in [0, 0.1) is 17.2 Å². The molecule has 0 spiro atoms. The van der Waals surface area contributed by atoms with E-state index in [1.54, 1.807) is 19.1 Å². The average Bonchev–Trinajstić information content (AvgIpc) is 3.55. The number of benzene rings is 2. The molecule has 0 heterocycles. The van der Waals surface area contributed by atoms with Crippen LogP contribution in [0.5, 0.6) is 5.75 Å². The Hall–Kier alpha value is -2.98. The number of rotatable bonds is 9. The van der Waals surface area contributed by atoms with E-state index in [0.717, 1.165) is 24.0 Å². The van der Waals surface area contributed by atoms with Crippen LogP contribution in [0.15, 0.2) is 54.6 Å². The summed E-state index contributed by atoms with van der Waals surface area (Å²) in [4.78, 5) is 12.5. The van der Waals surface area contributed by atoms with Crippen molar-refractivity contribution in [1.82, 2.24) is 5.32 Å². The van der Waals surface area contributed by atoms with Gasteiger partial charge in [-0.25, -0.2) is 0 Å². The molecule has 3 N–H and O–H groups in total. The Labute approximate surface area is 168 Å². The number of nitrogens with zero attached hydrogens (tertiary/aromatic N) is 1. The van der Waals surface area contributed by atoms with E-state index < -0.39 is 12.2 Å². The summed E-state index contributed by atoms with van der Waals surface area (Å²) in [6.07, 6.45) is 1.90. The third kappa shape index (κ3) is 5.52. The predicted molar refractivity (Wildman–Crippen MR) is 103 cm³/mol. The number of hydrogen-bond donors (Lipinski definition) is 2. The fourth-order valence-corrected chi connectivity index (χ4v) is 3.43. The lowest BCUT2D eigenvalue weighted by molar-refractivity contribution is -0.676. The van der Waals surface area contributed by atoms with Crippen molar-refractivity contribution in [2.45, 2.75) is 38.0 Å². The van der Waals surface area contributed by atoms with Crippen LogP contribution >= 0.6 is 0 Å². The fraction of sp³-hybridized carbons (Fsp3) is 0.364. The van der Waals surface area contributed by atoms with Gasteiger partial charge in [-0.05, 0) is 49.9 Å². The quantitative estimate of drug-likeness (QED) is 0.679. The molecular weight excluding hydrogens is 376 g/mol. The SMILES string of the molecule is C[C@@](C#N)(NC(=O)C[NH2+][C@H](c1ccccc1)c1ccc(OC(F)F)cc1)C1CC1. The van der Waals surface area contributed by atoms with Crippen molar-refractivity contribution in [1.29, 1.82) is 5.26 Å². The molecule has 5 nitrogen and oxygen atoms in total. The van der Waals surface area contributed by atoms with Crippen molar-refractivity contribution in [2.24, 2.45) is 5.92 Å². The molecule has 2 aromatic carbocycles. The molecule has 29 heavy (non-hydrogen) atoms. The molecule has 1 aliphatic rings. The summed E-state index contributed by atoms with van der Waals surface area (Å²) in [5.74, 6) is 0.0887. The molecule has 1 aliphatic carbocycles. The van der Waals surface area contributed by atoms with E-state index in [-0.39, 0.29) is 30.2 Å². The highest BCUT2D eigenvalue weighted by Gasteiger charge is 2.43. The van der Waals surface area contributed by atoms with Crippen molar-refractivity contribution >= 4 is 5.91 Å². The molecule has 2 aromatic rings. The van der Waals surface area contributed by atoms with Crippen LogP contribution in [0.25, 0.3) is 0 Å². The third-order valence-corrected chi connectivity index (χ3v) is 5.19. The summed E-state index contributed by atoms with van der Waals surface area (Å²) in [5.41, 5.74) is 1.01. The van der Waals surface area contributed by atoms with Crippen LogP contribution in [0.2, 0.25) is 0 Å². The average molecular weight is 400 g/mol. The van der Waals surface area contributed by atoms with Crippen LogP contribution in [-0.4, -0.2) is 24.6 Å². The second-order valence-electron chi connectivity index (χ2n) is 7.41. The summed E-state index contributed by atoms with van der Waals surface area (Å²) in [6, 6.07) is 18.1. The number of nitrogens with one attached hydrogen (secondary N) is 1. The highest BCUT2D eigenvalue weighted by atomic mass is 19.3. The molecule has 0 bridgehead atoms. The molecular formula is C22H24F2N3O2+. The maximum Gasteiger partial charge on any atom is 0.387 e. The first kappa shape index (κ1) is 20.7. The monoisotopic (exact) mass is 400 g/mol. The van der Waals surface area contributed by atoms with E-state index in [2.05, 4.69) is 16.1 Å². The standard InChI is InChI=1S/C22H23F2N3O2/c1-22(14-25,17-9-10-17)27-19(28)13-26-20(15-5-3-2-4-6-15)16-7-11-18(12-8-16)29-21(23)24/h2-8,11-12,17,20-21,26H,9-10,13H2,1H3,(H,27,28)/p+1/t20-,22+/m1/s1. The second-order valence-corrected chi connectivity index (χ2v) is 7.41. The zero-order valence-corrected chi connectivity index (χ0v) is 16.1. The number of alkyl halides is 2. The van der Waals surface area contributed by atoms with Crippen molar-refractivity contribution in [3.63, 3.8) is 0 Å². The molecule has 0 aliphatic heterocycles. The molecule has 1 saturated carbocycles. The summed E-state index contributed by atoms with van der Waals surface area (Å²) in [5, 5.41) is 14.2. The first-order valence-electron chi connectivity index (χ1n) is 9.56. The van der Waals surface area contributed by atoms with Crippen molar-refractivity contribution in [2.75, 3.05) is 6.54 Å². The van der Waals surface area contributed by atoms with Crippen LogP contribution in [0.3, 0.4) is 0 Å². The Morgan fingerprint density at radius 2 is 1.83 bits per heavy atom. The molecule has 7 heteroatoms. The molecule has 152 valence electrons. The van der Waals surface area contributed by atoms with E-state index in [9.17, 15) is 18.8 Å². The van der Waals surface area contributed by atoms with E-state index >= 15 is 0 Å². The molecule has 1 fully saturated rings. The van der Waals surface area contributed by atoms with Gasteiger partial charge in [-0.1, -0.05) is 30.3 Å². The second kappa shape index (κ2) is 9.01. The van der Waals surface area contributed by atoms with Gasteiger partial charge < -0.3 is 15.4 Å². The first-order valence-corrected chi connectivity index (χ1v) is 9.56. The topological polar surface area (TPSA) is 78.7 Å². The number of nitrogens with two attached hydrogens (primary N) is 1. The fourth-order valence-electron chi connectivity index (χ4n) is 3.43. The summed E-state index contributed by atoms with van der Waals surface area (Å²) < 4.78 is 29.2. The highest BCUT2D eigenvalue weighted by molar-refractivity contribution is 5.78. The Morgan fingerprint density at radius 3 is 2.38 bits per heavy atom. The van der Waals surface area contributed by atoms with Gasteiger partial charge in [0.25, 0.3) is 5.91 Å². The Kier molecular flexibility index (Phi) is 6.45. The lowest BCUT2D eigenvalue weighted by Gasteiger charge is -2.23. The minimum atomic E-state index is -2.87. The zero-order chi connectivity index (χ0) is 20.9. The maximum atomic E-state index is 12.5. The van der Waals surface area contributed by atoms with Gasteiger partial charge in [-0.3, -0.25) is 4.79 Å². The van der Waals surface area contributed by atoms with Crippen molar-refractivity contribution < 1.29 is 23.6 Å². The van der Waals surface area contributed by atoms with Crippen LogP contribution in [-0.2, 0) is 4.79 Å². The highest BCUT2D eigenvalue weighted by Crippen LogP contribution is 2.39. The number of carbonyl (C=O) groups is 1. The Bertz CT molecular complexity index is 864. The molecule has 3 rings (SSSR count). The molecule has 0 radical (unpaired) electrons. The van der Waals surface area contributed by atoms with E-state index in [4.69, 9.17) is 0 Å². The predicted octanol–water partition coefficient (Wildman–Crippen LogP) is 2.75. The number of quaternary nitrogens is 1. The van der Waals surface area contributed by atoms with Gasteiger partial charge in [0.15, 0.2) is 6.54 Å². The minimum Gasteiger partial charge on any atom is -0.435 e. The van der Waals surface area contributed by atoms with E-state index in [1.807, 2.05) is 35.6 Å². The van der Waals surface area contributed by atoms with Gasteiger partial charge in [-0.2, -0.15) is 14.0 Å². The van der Waals surface area contributed by atoms with E-state index in [1.165, 1.54) is 12.1 Å². The Balaban J connectivity index is 1.71. The van der Waals surface area contributed by atoms with Gasteiger partial charge >= 0.3 is 6.61 Å². The van der Waals surface area contributed by atoms with Gasteiger partial charge in [0, 0.05) is 11.1 Å². The summed E-state index contributed by atoms with van der Waals surface area (Å²) in [6.45, 7) is -0.973. The van der Waals surface area contributed by atoms with E-state index in [0.29, 0.717) is 0 Å². The lowest BCUT2D eigenvalue weighted by atomic mass is 9.97. The number of ether oxygens (including phenoxy) is 1. The minimum absolute atomic E-state index is 0.0857. The number of amides is 1. The third-order valence-electron chi connectivity index (χ3n) is 5.19. The molecule has 1 amide bonds. The molecule has 0 aromatic heterocycles. The number of nitriles is 1. The van der Waals surface area contributed by atoms with Crippen LogP contribution < -0.4 is 15.4 Å². The largest absolute Gasteiger partial charge is 0.435 e. The molecule has 0 unspecified atom stereocenters. The van der Waals surface area contributed by atoms with Crippen LogP contribution in [0.4, 0.5) is 8.78 Å². The Morgan fingerprint density at radius 1 is 1.21 bits per heavy atom. The summed E-state index contributed by atoms with van der Waals surface area (Å²) in [7, 11) is 0. The zero-order valence-electron chi connectivity index (χ0n) is 16.1.